The molecule has 7 nitrogen and oxygen atoms in total. The molecule has 0 aliphatic rings. The van der Waals surface area contributed by atoms with Crippen molar-refractivity contribution < 1.29 is 14.5 Å². The van der Waals surface area contributed by atoms with Gasteiger partial charge in [-0.3, -0.25) is 14.9 Å². The first-order valence-electron chi connectivity index (χ1n) is 5.94. The summed E-state index contributed by atoms with van der Waals surface area (Å²) < 4.78 is 5.30. The van der Waals surface area contributed by atoms with Gasteiger partial charge in [0.15, 0.2) is 5.75 Å². The minimum absolute atomic E-state index is 0.160. The van der Waals surface area contributed by atoms with Crippen molar-refractivity contribution in [3.63, 3.8) is 0 Å². The fourth-order valence-electron chi connectivity index (χ4n) is 1.45. The number of nitrogens with one attached hydrogen (secondary N) is 2. The van der Waals surface area contributed by atoms with Gasteiger partial charge in [-0.25, -0.2) is 0 Å². The maximum atomic E-state index is 11.6. The number of hydrogen-bond acceptors (Lipinski definition) is 5. The molecule has 1 amide bonds. The van der Waals surface area contributed by atoms with Gasteiger partial charge >= 0.3 is 5.69 Å². The number of likely N-dealkylation sites (N-methyl/N-ethyl adjacent to an activating group) is 1. The molecule has 0 aliphatic heterocycles. The van der Waals surface area contributed by atoms with Crippen molar-refractivity contribution in [2.75, 3.05) is 26.7 Å². The Kier molecular flexibility index (Phi) is 5.74. The number of benzene rings is 1. The quantitative estimate of drug-likeness (QED) is 0.435. The van der Waals surface area contributed by atoms with Gasteiger partial charge in [0, 0.05) is 24.7 Å². The van der Waals surface area contributed by atoms with Crippen LogP contribution >= 0.6 is 0 Å². The highest BCUT2D eigenvalue weighted by molar-refractivity contribution is 5.95. The molecule has 0 aromatic heterocycles. The fourth-order valence-corrected chi connectivity index (χ4v) is 1.45. The Labute approximate surface area is 111 Å². The second-order valence-electron chi connectivity index (χ2n) is 3.75. The van der Waals surface area contributed by atoms with E-state index in [2.05, 4.69) is 10.6 Å². The number of nitro groups is 1. The summed E-state index contributed by atoms with van der Waals surface area (Å²) >= 11 is 0. The molecule has 0 bridgehead atoms. The molecule has 0 unspecified atom stereocenters. The Morgan fingerprint density at radius 1 is 1.47 bits per heavy atom. The monoisotopic (exact) mass is 267 g/mol. The van der Waals surface area contributed by atoms with Crippen LogP contribution in [0.2, 0.25) is 0 Å². The number of ether oxygens (including phenoxy) is 1. The molecule has 1 aromatic rings. The molecule has 1 aromatic carbocycles. The summed E-state index contributed by atoms with van der Waals surface area (Å²) in [7, 11) is 1.76. The van der Waals surface area contributed by atoms with Crippen LogP contribution < -0.4 is 15.4 Å². The van der Waals surface area contributed by atoms with E-state index >= 15 is 0 Å². The molecule has 0 aliphatic carbocycles. The molecule has 104 valence electrons. The van der Waals surface area contributed by atoms with Gasteiger partial charge in [0.25, 0.3) is 5.91 Å². The second-order valence-corrected chi connectivity index (χ2v) is 3.75. The van der Waals surface area contributed by atoms with Gasteiger partial charge in [-0.15, -0.1) is 0 Å². The van der Waals surface area contributed by atoms with E-state index in [-0.39, 0.29) is 22.9 Å². The van der Waals surface area contributed by atoms with E-state index in [1.165, 1.54) is 18.2 Å². The smallest absolute Gasteiger partial charge is 0.311 e. The molecule has 0 heterocycles. The van der Waals surface area contributed by atoms with Crippen LogP contribution in [0.15, 0.2) is 18.2 Å². The van der Waals surface area contributed by atoms with Gasteiger partial charge in [0.1, 0.15) is 6.61 Å². The molecule has 19 heavy (non-hydrogen) atoms. The molecule has 0 saturated heterocycles. The van der Waals surface area contributed by atoms with Crippen molar-refractivity contribution in [1.29, 1.82) is 0 Å². The van der Waals surface area contributed by atoms with Crippen LogP contribution in [-0.4, -0.2) is 37.6 Å². The van der Waals surface area contributed by atoms with Gasteiger partial charge in [0.2, 0.25) is 0 Å². The van der Waals surface area contributed by atoms with E-state index in [0.717, 1.165) is 0 Å². The predicted octanol–water partition coefficient (Wildman–Crippen LogP) is 0.943. The lowest BCUT2D eigenvalue weighted by molar-refractivity contribution is -0.385. The Balaban J connectivity index is 2.94. The van der Waals surface area contributed by atoms with E-state index in [4.69, 9.17) is 4.74 Å². The van der Waals surface area contributed by atoms with Gasteiger partial charge in [-0.1, -0.05) is 0 Å². The molecule has 0 fully saturated rings. The number of rotatable bonds is 7. The fraction of sp³-hybridized carbons (Fsp3) is 0.417. The zero-order valence-corrected chi connectivity index (χ0v) is 10.9. The zero-order valence-electron chi connectivity index (χ0n) is 10.9. The van der Waals surface area contributed by atoms with Crippen molar-refractivity contribution in [2.45, 2.75) is 6.92 Å². The Morgan fingerprint density at radius 3 is 2.79 bits per heavy atom. The Morgan fingerprint density at radius 2 is 2.21 bits per heavy atom. The number of hydrogen-bond donors (Lipinski definition) is 2. The minimum atomic E-state index is -0.558. The number of carbonyl (C=O) groups is 1. The molecule has 2 N–H and O–H groups in total. The summed E-state index contributed by atoms with van der Waals surface area (Å²) in [5, 5.41) is 16.4. The van der Waals surface area contributed by atoms with E-state index in [1.54, 1.807) is 14.0 Å². The summed E-state index contributed by atoms with van der Waals surface area (Å²) in [6.45, 7) is 3.14. The van der Waals surface area contributed by atoms with Crippen molar-refractivity contribution in [3.8, 4) is 5.75 Å². The lowest BCUT2D eigenvalue weighted by Crippen LogP contribution is -2.22. The highest BCUT2D eigenvalue weighted by Gasteiger charge is 2.18. The summed E-state index contributed by atoms with van der Waals surface area (Å²) in [6, 6.07) is 4.17. The van der Waals surface area contributed by atoms with Gasteiger partial charge in [0.05, 0.1) is 4.92 Å². The van der Waals surface area contributed by atoms with E-state index in [0.29, 0.717) is 19.7 Å². The van der Waals surface area contributed by atoms with E-state index in [9.17, 15) is 14.9 Å². The third-order valence-corrected chi connectivity index (χ3v) is 2.36. The summed E-state index contributed by atoms with van der Waals surface area (Å²) in [6.07, 6.45) is 0. The normalized spacial score (nSPS) is 10.0. The highest BCUT2D eigenvalue weighted by atomic mass is 16.6. The van der Waals surface area contributed by atoms with E-state index in [1.807, 2.05) is 0 Å². The maximum Gasteiger partial charge on any atom is 0.311 e. The van der Waals surface area contributed by atoms with Crippen LogP contribution in [0.5, 0.6) is 5.75 Å². The van der Waals surface area contributed by atoms with Crippen molar-refractivity contribution in [3.05, 3.63) is 33.9 Å². The lowest BCUT2D eigenvalue weighted by Gasteiger charge is -2.08. The van der Waals surface area contributed by atoms with Crippen LogP contribution in [-0.2, 0) is 0 Å². The molecular weight excluding hydrogens is 250 g/mol. The second kappa shape index (κ2) is 7.32. The van der Waals surface area contributed by atoms with Crippen LogP contribution in [0, 0.1) is 10.1 Å². The van der Waals surface area contributed by atoms with Crippen LogP contribution in [0.3, 0.4) is 0 Å². The molecule has 0 atom stereocenters. The molecule has 1 rings (SSSR count). The standard InChI is InChI=1S/C12H17N3O4/c1-3-14-12(16)9-4-5-11(19-7-6-13-2)10(8-9)15(17)18/h4-5,8,13H,3,6-7H2,1-2H3,(H,14,16). The Bertz CT molecular complexity index is 462. The highest BCUT2D eigenvalue weighted by Crippen LogP contribution is 2.27. The van der Waals surface area contributed by atoms with Crippen LogP contribution in [0.1, 0.15) is 17.3 Å². The van der Waals surface area contributed by atoms with Gasteiger partial charge in [-0.05, 0) is 26.1 Å². The van der Waals surface area contributed by atoms with Crippen molar-refractivity contribution in [2.24, 2.45) is 0 Å². The SMILES string of the molecule is CCNC(=O)c1ccc(OCCNC)c([N+](=O)[O-])c1. The zero-order chi connectivity index (χ0) is 14.3. The lowest BCUT2D eigenvalue weighted by atomic mass is 10.1. The third-order valence-electron chi connectivity index (χ3n) is 2.36. The number of amides is 1. The summed E-state index contributed by atoms with van der Waals surface area (Å²) in [5.41, 5.74) is 0.0365. The van der Waals surface area contributed by atoms with Gasteiger partial charge < -0.3 is 15.4 Å². The molecule has 0 saturated carbocycles. The maximum absolute atomic E-state index is 11.6. The molecular formula is C12H17N3O4. The molecule has 0 radical (unpaired) electrons. The first-order chi connectivity index (χ1) is 9.10. The largest absolute Gasteiger partial charge is 0.485 e. The summed E-state index contributed by atoms with van der Waals surface area (Å²) in [5.74, 6) is -0.180. The number of nitro benzene ring substituents is 1. The van der Waals surface area contributed by atoms with Crippen molar-refractivity contribution >= 4 is 11.6 Å². The van der Waals surface area contributed by atoms with Gasteiger partial charge in [-0.2, -0.15) is 0 Å². The van der Waals surface area contributed by atoms with Crippen LogP contribution in [0.25, 0.3) is 0 Å². The predicted molar refractivity (Wildman–Crippen MR) is 70.5 cm³/mol. The van der Waals surface area contributed by atoms with Crippen LogP contribution in [0.4, 0.5) is 5.69 Å². The first-order valence-corrected chi connectivity index (χ1v) is 5.94. The molecule has 7 heteroatoms. The average Bonchev–Trinajstić information content (AvgIpc) is 2.39. The third kappa shape index (κ3) is 4.22. The minimum Gasteiger partial charge on any atom is -0.485 e. The average molecular weight is 267 g/mol. The number of carbonyl (C=O) groups excluding carboxylic acids is 1. The Hall–Kier alpha value is -2.15. The topological polar surface area (TPSA) is 93.5 Å². The number of nitrogens with zero attached hydrogens (tertiary/aromatic N) is 1. The first kappa shape index (κ1) is 14.9. The van der Waals surface area contributed by atoms with E-state index < -0.39 is 4.92 Å². The summed E-state index contributed by atoms with van der Waals surface area (Å²) in [4.78, 5) is 22.0. The van der Waals surface area contributed by atoms with Crippen molar-refractivity contribution in [1.82, 2.24) is 10.6 Å². The molecule has 0 spiro atoms.